The molecule has 2 heterocycles. The van der Waals surface area contributed by atoms with E-state index in [1.165, 1.54) is 4.21 Å². The van der Waals surface area contributed by atoms with Gasteiger partial charge < -0.3 is 10.2 Å². The summed E-state index contributed by atoms with van der Waals surface area (Å²) < 4.78 is 1.17. The molecule has 0 saturated carbocycles. The maximum Gasteiger partial charge on any atom is 0.230 e. The van der Waals surface area contributed by atoms with Crippen molar-refractivity contribution in [3.63, 3.8) is 0 Å². The van der Waals surface area contributed by atoms with Crippen molar-refractivity contribution >= 4 is 35.0 Å². The number of hydrogen-bond donors (Lipinski definition) is 1. The summed E-state index contributed by atoms with van der Waals surface area (Å²) in [6.07, 6.45) is 0. The van der Waals surface area contributed by atoms with Crippen LogP contribution in [-0.4, -0.2) is 36.1 Å². The molecule has 0 spiro atoms. The summed E-state index contributed by atoms with van der Waals surface area (Å²) >= 11 is 3.22. The van der Waals surface area contributed by atoms with Crippen LogP contribution in [0.4, 0.5) is 11.9 Å². The van der Waals surface area contributed by atoms with E-state index in [4.69, 9.17) is 0 Å². The lowest BCUT2D eigenvalue weighted by atomic mass is 10.7. The normalized spacial score (nSPS) is 10.3. The monoisotopic (exact) mass is 267 g/mol. The number of thiophene rings is 1. The average molecular weight is 267 g/mol. The van der Waals surface area contributed by atoms with Gasteiger partial charge in [-0.25, -0.2) is 0 Å². The Morgan fingerprint density at radius 3 is 2.71 bits per heavy atom. The van der Waals surface area contributed by atoms with Crippen LogP contribution in [0.5, 0.6) is 0 Å². The third-order valence-electron chi connectivity index (χ3n) is 1.91. The molecule has 90 valence electrons. The minimum Gasteiger partial charge on any atom is -0.357 e. The van der Waals surface area contributed by atoms with Gasteiger partial charge in [-0.15, -0.1) is 11.3 Å². The highest BCUT2D eigenvalue weighted by molar-refractivity contribution is 8.01. The fourth-order valence-corrected chi connectivity index (χ4v) is 2.73. The molecular formula is C10H13N5S2. The zero-order valence-corrected chi connectivity index (χ0v) is 11.5. The van der Waals surface area contributed by atoms with Crippen molar-refractivity contribution in [2.75, 3.05) is 31.4 Å². The Balaban J connectivity index is 2.29. The molecule has 5 nitrogen and oxygen atoms in total. The van der Waals surface area contributed by atoms with Crippen molar-refractivity contribution in [2.24, 2.45) is 0 Å². The van der Waals surface area contributed by atoms with Gasteiger partial charge >= 0.3 is 0 Å². The Bertz CT molecular complexity index is 483. The van der Waals surface area contributed by atoms with Gasteiger partial charge in [-0.3, -0.25) is 0 Å². The van der Waals surface area contributed by atoms with Crippen LogP contribution in [0.15, 0.2) is 26.9 Å². The molecule has 2 rings (SSSR count). The molecular weight excluding hydrogens is 254 g/mol. The maximum atomic E-state index is 4.39. The first-order valence-corrected chi connectivity index (χ1v) is 6.71. The number of anilines is 2. The highest BCUT2D eigenvalue weighted by atomic mass is 32.2. The number of aromatic nitrogens is 3. The predicted octanol–water partition coefficient (Wildman–Crippen LogP) is 2.19. The van der Waals surface area contributed by atoms with Crippen molar-refractivity contribution in [3.8, 4) is 0 Å². The lowest BCUT2D eigenvalue weighted by Crippen LogP contribution is -2.14. The third kappa shape index (κ3) is 3.07. The molecule has 0 unspecified atom stereocenters. The molecule has 0 aromatic carbocycles. The van der Waals surface area contributed by atoms with Crippen LogP contribution in [-0.2, 0) is 0 Å². The largest absolute Gasteiger partial charge is 0.357 e. The number of hydrogen-bond acceptors (Lipinski definition) is 7. The van der Waals surface area contributed by atoms with E-state index in [0.29, 0.717) is 17.1 Å². The standard InChI is InChI=1S/C10H13N5S2/c1-11-8-12-9(15(2)3)14-10(13-8)17-7-5-4-6-16-7/h4-6H,1-3H3,(H,11,12,13,14). The number of rotatable bonds is 4. The van der Waals surface area contributed by atoms with Crippen molar-refractivity contribution in [2.45, 2.75) is 9.37 Å². The minimum absolute atomic E-state index is 0.586. The topological polar surface area (TPSA) is 53.9 Å². The average Bonchev–Trinajstić information content (AvgIpc) is 2.81. The summed E-state index contributed by atoms with van der Waals surface area (Å²) in [5.74, 6) is 1.24. The van der Waals surface area contributed by atoms with E-state index in [9.17, 15) is 0 Å². The molecule has 0 amide bonds. The van der Waals surface area contributed by atoms with Gasteiger partial charge in [0.15, 0.2) is 5.16 Å². The quantitative estimate of drug-likeness (QED) is 0.916. The summed E-state index contributed by atoms with van der Waals surface area (Å²) in [6, 6.07) is 4.06. The van der Waals surface area contributed by atoms with E-state index in [1.807, 2.05) is 36.5 Å². The first kappa shape index (κ1) is 12.1. The molecule has 0 atom stereocenters. The molecule has 0 fully saturated rings. The molecule has 0 aliphatic heterocycles. The molecule has 0 bridgehead atoms. The highest BCUT2D eigenvalue weighted by Gasteiger charge is 2.08. The summed E-state index contributed by atoms with van der Waals surface area (Å²) in [6.45, 7) is 0. The van der Waals surface area contributed by atoms with Crippen LogP contribution >= 0.6 is 23.1 Å². The van der Waals surface area contributed by atoms with E-state index >= 15 is 0 Å². The smallest absolute Gasteiger partial charge is 0.230 e. The fraction of sp³-hybridized carbons (Fsp3) is 0.300. The predicted molar refractivity (Wildman–Crippen MR) is 72.1 cm³/mol. The first-order chi connectivity index (χ1) is 8.19. The van der Waals surface area contributed by atoms with Crippen molar-refractivity contribution < 1.29 is 0 Å². The van der Waals surface area contributed by atoms with Gasteiger partial charge in [0.25, 0.3) is 0 Å². The number of nitrogens with zero attached hydrogens (tertiary/aromatic N) is 4. The van der Waals surface area contributed by atoms with E-state index in [1.54, 1.807) is 30.1 Å². The molecule has 2 aromatic heterocycles. The van der Waals surface area contributed by atoms with Crippen molar-refractivity contribution in [1.29, 1.82) is 0 Å². The zero-order valence-electron chi connectivity index (χ0n) is 9.84. The lowest BCUT2D eigenvalue weighted by Gasteiger charge is -2.11. The molecule has 1 N–H and O–H groups in total. The molecule has 2 aromatic rings. The molecule has 0 radical (unpaired) electrons. The second-order valence-electron chi connectivity index (χ2n) is 3.42. The Morgan fingerprint density at radius 2 is 2.12 bits per heavy atom. The molecule has 17 heavy (non-hydrogen) atoms. The second-order valence-corrected chi connectivity index (χ2v) is 5.64. The highest BCUT2D eigenvalue weighted by Crippen LogP contribution is 2.29. The van der Waals surface area contributed by atoms with Crippen LogP contribution < -0.4 is 10.2 Å². The van der Waals surface area contributed by atoms with Gasteiger partial charge in [0.05, 0.1) is 4.21 Å². The van der Waals surface area contributed by atoms with E-state index in [2.05, 4.69) is 20.3 Å². The van der Waals surface area contributed by atoms with Gasteiger partial charge in [0.1, 0.15) is 0 Å². The summed E-state index contributed by atoms with van der Waals surface area (Å²) in [5.41, 5.74) is 0. The van der Waals surface area contributed by atoms with E-state index < -0.39 is 0 Å². The van der Waals surface area contributed by atoms with Gasteiger partial charge in [0.2, 0.25) is 11.9 Å². The molecule has 0 aliphatic carbocycles. The second kappa shape index (κ2) is 5.33. The Labute approximate surface area is 108 Å². The van der Waals surface area contributed by atoms with Gasteiger partial charge in [-0.1, -0.05) is 6.07 Å². The minimum atomic E-state index is 0.586. The number of nitrogens with one attached hydrogen (secondary N) is 1. The van der Waals surface area contributed by atoms with Gasteiger partial charge in [-0.2, -0.15) is 15.0 Å². The van der Waals surface area contributed by atoms with Crippen LogP contribution in [0.1, 0.15) is 0 Å². The van der Waals surface area contributed by atoms with E-state index in [0.717, 1.165) is 0 Å². The van der Waals surface area contributed by atoms with Crippen molar-refractivity contribution in [3.05, 3.63) is 17.5 Å². The summed E-state index contributed by atoms with van der Waals surface area (Å²) in [7, 11) is 5.62. The molecule has 0 saturated heterocycles. The van der Waals surface area contributed by atoms with Gasteiger partial charge in [0, 0.05) is 21.1 Å². The molecule has 0 aliphatic rings. The third-order valence-corrected chi connectivity index (χ3v) is 3.82. The van der Waals surface area contributed by atoms with Crippen LogP contribution in [0.2, 0.25) is 0 Å². The molecule has 7 heteroatoms. The fourth-order valence-electron chi connectivity index (χ4n) is 1.11. The van der Waals surface area contributed by atoms with Crippen LogP contribution in [0.3, 0.4) is 0 Å². The first-order valence-electron chi connectivity index (χ1n) is 5.01. The Morgan fingerprint density at radius 1 is 1.29 bits per heavy atom. The zero-order chi connectivity index (χ0) is 12.3. The van der Waals surface area contributed by atoms with Gasteiger partial charge in [-0.05, 0) is 23.2 Å². The van der Waals surface area contributed by atoms with Crippen molar-refractivity contribution in [1.82, 2.24) is 15.0 Å². The summed E-state index contributed by atoms with van der Waals surface area (Å²) in [5, 5.41) is 5.68. The van der Waals surface area contributed by atoms with Crippen LogP contribution in [0, 0.1) is 0 Å². The van der Waals surface area contributed by atoms with E-state index in [-0.39, 0.29) is 0 Å². The maximum absolute atomic E-state index is 4.39. The lowest BCUT2D eigenvalue weighted by molar-refractivity contribution is 0.871. The SMILES string of the molecule is CNc1nc(Sc2cccs2)nc(N(C)C)n1. The summed E-state index contributed by atoms with van der Waals surface area (Å²) in [4.78, 5) is 14.8. The van der Waals surface area contributed by atoms with Crippen LogP contribution in [0.25, 0.3) is 0 Å². The Hall–Kier alpha value is -1.34. The Kier molecular flexibility index (Phi) is 3.80.